The summed E-state index contributed by atoms with van der Waals surface area (Å²) in [5.74, 6) is -4.03. The highest BCUT2D eigenvalue weighted by atomic mass is 19.4. The number of carbonyl (C=O) groups is 1. The zero-order valence-corrected chi connectivity index (χ0v) is 10.2. The minimum Gasteiger partial charge on any atom is -0.491 e. The van der Waals surface area contributed by atoms with Crippen LogP contribution >= 0.6 is 0 Å². The number of carboxylic acid groups (broad SMARTS) is 1. The van der Waals surface area contributed by atoms with Crippen LogP contribution in [0.4, 0.5) is 26.3 Å². The van der Waals surface area contributed by atoms with Crippen molar-refractivity contribution >= 4 is 5.97 Å². The van der Waals surface area contributed by atoms with Crippen molar-refractivity contribution < 1.29 is 45.7 Å². The molecular formula is C10H7F6NO4. The molecule has 0 aromatic carbocycles. The van der Waals surface area contributed by atoms with Gasteiger partial charge in [0.25, 0.3) is 5.88 Å². The van der Waals surface area contributed by atoms with Gasteiger partial charge in [0.1, 0.15) is 0 Å². The Hall–Kier alpha value is -2.20. The molecule has 21 heavy (non-hydrogen) atoms. The van der Waals surface area contributed by atoms with E-state index in [1.54, 1.807) is 0 Å². The summed E-state index contributed by atoms with van der Waals surface area (Å²) in [5.41, 5.74) is -2.52. The molecular weight excluding hydrogens is 312 g/mol. The second-order valence-corrected chi connectivity index (χ2v) is 3.60. The quantitative estimate of drug-likeness (QED) is 0.864. The van der Waals surface area contributed by atoms with Gasteiger partial charge in [-0.05, 0) is 0 Å². The summed E-state index contributed by atoms with van der Waals surface area (Å²) in [6.45, 7) is 0. The molecule has 0 radical (unpaired) electrons. The number of halogens is 6. The molecule has 0 spiro atoms. The number of methoxy groups -OCH3 is 1. The van der Waals surface area contributed by atoms with Gasteiger partial charge in [-0.3, -0.25) is 4.79 Å². The molecule has 1 aromatic rings. The second kappa shape index (κ2) is 5.66. The lowest BCUT2D eigenvalue weighted by molar-refractivity contribution is -0.276. The number of hydrogen-bond acceptors (Lipinski definition) is 4. The molecule has 0 amide bonds. The van der Waals surface area contributed by atoms with E-state index in [0.717, 1.165) is 7.11 Å². The third-order valence-electron chi connectivity index (χ3n) is 2.15. The Morgan fingerprint density at radius 3 is 2.24 bits per heavy atom. The summed E-state index contributed by atoms with van der Waals surface area (Å²) in [6, 6.07) is 0. The molecule has 1 N–H and O–H groups in total. The fourth-order valence-corrected chi connectivity index (χ4v) is 1.47. The fraction of sp³-hybridized carbons (Fsp3) is 0.400. The molecule has 0 bridgehead atoms. The number of pyridine rings is 1. The number of nitrogens with zero attached hydrogens (tertiary/aromatic N) is 1. The van der Waals surface area contributed by atoms with Gasteiger partial charge in [-0.1, -0.05) is 0 Å². The van der Waals surface area contributed by atoms with E-state index in [9.17, 15) is 31.1 Å². The van der Waals surface area contributed by atoms with Crippen LogP contribution in [0.5, 0.6) is 11.6 Å². The van der Waals surface area contributed by atoms with Crippen molar-refractivity contribution in [2.24, 2.45) is 0 Å². The first-order valence-electron chi connectivity index (χ1n) is 5.06. The van der Waals surface area contributed by atoms with Gasteiger partial charge in [0.15, 0.2) is 5.75 Å². The summed E-state index contributed by atoms with van der Waals surface area (Å²) in [6.07, 6.45) is -11.4. The van der Waals surface area contributed by atoms with Crippen molar-refractivity contribution in [3.05, 3.63) is 17.3 Å². The number of alkyl halides is 6. The maximum atomic E-state index is 12.7. The van der Waals surface area contributed by atoms with Crippen LogP contribution in [-0.4, -0.2) is 29.5 Å². The third-order valence-corrected chi connectivity index (χ3v) is 2.15. The summed E-state index contributed by atoms with van der Waals surface area (Å²) in [4.78, 5) is 13.5. The van der Waals surface area contributed by atoms with Crippen LogP contribution in [0.25, 0.3) is 0 Å². The maximum absolute atomic E-state index is 12.7. The first-order valence-corrected chi connectivity index (χ1v) is 5.06. The number of aromatic nitrogens is 1. The van der Waals surface area contributed by atoms with Gasteiger partial charge in [0.2, 0.25) is 0 Å². The number of ether oxygens (including phenoxy) is 2. The molecule has 1 heterocycles. The first kappa shape index (κ1) is 16.9. The summed E-state index contributed by atoms with van der Waals surface area (Å²) < 4.78 is 82.4. The smallest absolute Gasteiger partial charge is 0.491 e. The van der Waals surface area contributed by atoms with Gasteiger partial charge in [-0.25, -0.2) is 4.98 Å². The standard InChI is InChI=1S/C10H7F6NO4/c1-20-7-4(2-6(18)19)5(9(11,12)13)3-17-8(7)21-10(14,15)16/h3H,2H2,1H3,(H,18,19). The monoisotopic (exact) mass is 319 g/mol. The molecule has 1 aromatic heterocycles. The van der Waals surface area contributed by atoms with E-state index < -0.39 is 47.7 Å². The average Bonchev–Trinajstić information content (AvgIpc) is 2.24. The second-order valence-electron chi connectivity index (χ2n) is 3.60. The molecule has 0 unspecified atom stereocenters. The highest BCUT2D eigenvalue weighted by Crippen LogP contribution is 2.41. The average molecular weight is 319 g/mol. The Kier molecular flexibility index (Phi) is 4.54. The number of rotatable bonds is 4. The topological polar surface area (TPSA) is 68.7 Å². The first-order chi connectivity index (χ1) is 9.45. The van der Waals surface area contributed by atoms with Crippen molar-refractivity contribution in [1.82, 2.24) is 4.98 Å². The zero-order chi connectivity index (χ0) is 16.4. The van der Waals surface area contributed by atoms with Crippen molar-refractivity contribution in [2.75, 3.05) is 7.11 Å². The van der Waals surface area contributed by atoms with Crippen LogP contribution in [-0.2, 0) is 17.4 Å². The molecule has 118 valence electrons. The lowest BCUT2D eigenvalue weighted by Gasteiger charge is -2.18. The summed E-state index contributed by atoms with van der Waals surface area (Å²) in [5, 5.41) is 8.59. The minimum atomic E-state index is -5.22. The molecule has 0 aliphatic rings. The molecule has 5 nitrogen and oxygen atoms in total. The summed E-state index contributed by atoms with van der Waals surface area (Å²) in [7, 11) is 0.770. The van der Waals surface area contributed by atoms with Gasteiger partial charge in [0, 0.05) is 11.8 Å². The molecule has 0 saturated carbocycles. The minimum absolute atomic E-state index is 0.0574. The van der Waals surface area contributed by atoms with E-state index >= 15 is 0 Å². The Bertz CT molecular complexity index is 540. The van der Waals surface area contributed by atoms with Crippen molar-refractivity contribution in [2.45, 2.75) is 19.0 Å². The van der Waals surface area contributed by atoms with E-state index in [-0.39, 0.29) is 6.20 Å². The highest BCUT2D eigenvalue weighted by Gasteiger charge is 2.39. The predicted molar refractivity (Wildman–Crippen MR) is 53.8 cm³/mol. The Morgan fingerprint density at radius 1 is 1.29 bits per heavy atom. The van der Waals surface area contributed by atoms with Crippen LogP contribution in [0.3, 0.4) is 0 Å². The van der Waals surface area contributed by atoms with Crippen LogP contribution in [0.15, 0.2) is 6.20 Å². The van der Waals surface area contributed by atoms with Gasteiger partial charge < -0.3 is 14.6 Å². The SMILES string of the molecule is COc1c(OC(F)(F)F)ncc(C(F)(F)F)c1CC(=O)O. The molecule has 0 aliphatic heterocycles. The molecule has 0 saturated heterocycles. The third kappa shape index (κ3) is 4.39. The van der Waals surface area contributed by atoms with Crippen molar-refractivity contribution in [3.8, 4) is 11.6 Å². The van der Waals surface area contributed by atoms with E-state index in [2.05, 4.69) is 14.5 Å². The van der Waals surface area contributed by atoms with E-state index in [1.807, 2.05) is 0 Å². The lowest BCUT2D eigenvalue weighted by atomic mass is 10.1. The van der Waals surface area contributed by atoms with E-state index in [1.165, 1.54) is 0 Å². The molecule has 0 atom stereocenters. The molecule has 1 rings (SSSR count). The number of aliphatic carboxylic acids is 1. The van der Waals surface area contributed by atoms with Gasteiger partial charge in [-0.15, -0.1) is 13.2 Å². The zero-order valence-electron chi connectivity index (χ0n) is 10.2. The van der Waals surface area contributed by atoms with Gasteiger partial charge in [-0.2, -0.15) is 13.2 Å². The Labute approximate surface area is 113 Å². The van der Waals surface area contributed by atoms with Crippen molar-refractivity contribution in [3.63, 3.8) is 0 Å². The molecule has 11 heteroatoms. The van der Waals surface area contributed by atoms with Crippen LogP contribution < -0.4 is 9.47 Å². The lowest BCUT2D eigenvalue weighted by Crippen LogP contribution is -2.21. The van der Waals surface area contributed by atoms with Gasteiger partial charge in [0.05, 0.1) is 19.1 Å². The predicted octanol–water partition coefficient (Wildman–Crippen LogP) is 2.63. The van der Waals surface area contributed by atoms with Crippen LogP contribution in [0, 0.1) is 0 Å². The molecule has 0 aliphatic carbocycles. The Morgan fingerprint density at radius 2 is 1.86 bits per heavy atom. The fourth-order valence-electron chi connectivity index (χ4n) is 1.47. The van der Waals surface area contributed by atoms with E-state index in [4.69, 9.17) is 5.11 Å². The normalized spacial score (nSPS) is 12.1. The largest absolute Gasteiger partial charge is 0.574 e. The molecule has 0 fully saturated rings. The highest BCUT2D eigenvalue weighted by molar-refractivity contribution is 5.72. The number of hydrogen-bond donors (Lipinski definition) is 1. The maximum Gasteiger partial charge on any atom is 0.574 e. The number of carboxylic acids is 1. The van der Waals surface area contributed by atoms with Crippen LogP contribution in [0.1, 0.15) is 11.1 Å². The summed E-state index contributed by atoms with van der Waals surface area (Å²) >= 11 is 0. The van der Waals surface area contributed by atoms with Gasteiger partial charge >= 0.3 is 18.5 Å². The van der Waals surface area contributed by atoms with Crippen LogP contribution in [0.2, 0.25) is 0 Å². The Balaban J connectivity index is 3.49. The van der Waals surface area contributed by atoms with E-state index in [0.29, 0.717) is 0 Å². The van der Waals surface area contributed by atoms with Crippen molar-refractivity contribution in [1.29, 1.82) is 0 Å².